The number of oxazole rings is 1. The molecule has 0 unspecified atom stereocenters. The number of hydrogen-bond acceptors (Lipinski definition) is 3. The standard InChI is InChI=1S/C6H5F2NO2/c1-3(10)6-9-2-4(11-6)5(7)8/h2,5H,1H3. The van der Waals surface area contributed by atoms with Gasteiger partial charge < -0.3 is 4.42 Å². The van der Waals surface area contributed by atoms with Gasteiger partial charge in [-0.3, -0.25) is 4.79 Å². The van der Waals surface area contributed by atoms with Crippen LogP contribution >= 0.6 is 0 Å². The smallest absolute Gasteiger partial charge is 0.297 e. The fourth-order valence-electron chi connectivity index (χ4n) is 0.550. The normalized spacial score (nSPS) is 10.5. The number of alkyl halides is 2. The van der Waals surface area contributed by atoms with E-state index in [1.54, 1.807) is 0 Å². The Morgan fingerprint density at radius 3 is 2.64 bits per heavy atom. The van der Waals surface area contributed by atoms with Gasteiger partial charge in [0.15, 0.2) is 5.76 Å². The molecule has 0 N–H and O–H groups in total. The van der Waals surface area contributed by atoms with Crippen LogP contribution in [-0.2, 0) is 0 Å². The molecule has 0 atom stereocenters. The van der Waals surface area contributed by atoms with Crippen LogP contribution in [0.5, 0.6) is 0 Å². The number of carbonyl (C=O) groups excluding carboxylic acids is 1. The fourth-order valence-corrected chi connectivity index (χ4v) is 0.550. The maximum absolute atomic E-state index is 11.8. The van der Waals surface area contributed by atoms with Crippen molar-refractivity contribution in [1.82, 2.24) is 4.98 Å². The topological polar surface area (TPSA) is 43.1 Å². The lowest BCUT2D eigenvalue weighted by Gasteiger charge is -1.88. The minimum absolute atomic E-state index is 0.277. The number of rotatable bonds is 2. The Morgan fingerprint density at radius 2 is 2.36 bits per heavy atom. The molecule has 0 saturated heterocycles. The molecule has 1 aromatic heterocycles. The first-order valence-electron chi connectivity index (χ1n) is 2.86. The summed E-state index contributed by atoms with van der Waals surface area (Å²) in [6.45, 7) is 1.20. The van der Waals surface area contributed by atoms with Gasteiger partial charge in [-0.1, -0.05) is 0 Å². The molecular weight excluding hydrogens is 156 g/mol. The van der Waals surface area contributed by atoms with E-state index in [0.717, 1.165) is 6.20 Å². The molecule has 1 aromatic rings. The Kier molecular flexibility index (Phi) is 1.98. The molecule has 0 aliphatic heterocycles. The van der Waals surface area contributed by atoms with Crippen LogP contribution in [0.4, 0.5) is 8.78 Å². The highest BCUT2D eigenvalue weighted by Gasteiger charge is 2.15. The minimum Gasteiger partial charge on any atom is -0.433 e. The van der Waals surface area contributed by atoms with E-state index in [9.17, 15) is 13.6 Å². The van der Waals surface area contributed by atoms with Gasteiger partial charge in [-0.15, -0.1) is 0 Å². The van der Waals surface area contributed by atoms with E-state index in [4.69, 9.17) is 0 Å². The van der Waals surface area contributed by atoms with Crippen molar-refractivity contribution in [3.63, 3.8) is 0 Å². The van der Waals surface area contributed by atoms with E-state index in [2.05, 4.69) is 9.40 Å². The van der Waals surface area contributed by atoms with Crippen molar-refractivity contribution in [3.8, 4) is 0 Å². The summed E-state index contributed by atoms with van der Waals surface area (Å²) in [5.74, 6) is -1.31. The summed E-state index contributed by atoms with van der Waals surface area (Å²) in [5, 5.41) is 0. The second-order valence-corrected chi connectivity index (χ2v) is 1.92. The SMILES string of the molecule is CC(=O)c1ncc(C(F)F)o1. The second-order valence-electron chi connectivity index (χ2n) is 1.92. The second kappa shape index (κ2) is 2.77. The van der Waals surface area contributed by atoms with Gasteiger partial charge in [-0.25, -0.2) is 13.8 Å². The highest BCUT2D eigenvalue weighted by molar-refractivity contribution is 5.89. The zero-order chi connectivity index (χ0) is 8.43. The molecule has 0 fully saturated rings. The molecule has 0 bridgehead atoms. The van der Waals surface area contributed by atoms with Crippen molar-refractivity contribution in [2.75, 3.05) is 0 Å². The molecule has 0 saturated carbocycles. The lowest BCUT2D eigenvalue weighted by molar-refractivity contribution is 0.0950. The largest absolute Gasteiger partial charge is 0.433 e. The van der Waals surface area contributed by atoms with Crippen molar-refractivity contribution < 1.29 is 18.0 Å². The Labute approximate surface area is 61.0 Å². The summed E-state index contributed by atoms with van der Waals surface area (Å²) < 4.78 is 28.0. The van der Waals surface area contributed by atoms with Crippen LogP contribution in [0.25, 0.3) is 0 Å². The van der Waals surface area contributed by atoms with Crippen molar-refractivity contribution in [3.05, 3.63) is 17.8 Å². The zero-order valence-corrected chi connectivity index (χ0v) is 5.67. The third-order valence-electron chi connectivity index (χ3n) is 1.04. The minimum atomic E-state index is -2.71. The van der Waals surface area contributed by atoms with Gasteiger partial charge in [0.2, 0.25) is 5.78 Å². The summed E-state index contributed by atoms with van der Waals surface area (Å²) in [4.78, 5) is 13.8. The van der Waals surface area contributed by atoms with Gasteiger partial charge in [0.1, 0.15) is 0 Å². The van der Waals surface area contributed by atoms with E-state index < -0.39 is 18.0 Å². The van der Waals surface area contributed by atoms with E-state index >= 15 is 0 Å². The Bertz CT molecular complexity index is 269. The molecule has 60 valence electrons. The van der Waals surface area contributed by atoms with Crippen molar-refractivity contribution in [2.24, 2.45) is 0 Å². The fraction of sp³-hybridized carbons (Fsp3) is 0.333. The first kappa shape index (κ1) is 7.84. The number of carbonyl (C=O) groups is 1. The molecule has 1 rings (SSSR count). The number of nitrogens with zero attached hydrogens (tertiary/aromatic N) is 1. The molecule has 5 heteroatoms. The highest BCUT2D eigenvalue weighted by atomic mass is 19.3. The molecule has 11 heavy (non-hydrogen) atoms. The highest BCUT2D eigenvalue weighted by Crippen LogP contribution is 2.18. The summed E-state index contributed by atoms with van der Waals surface area (Å²) in [7, 11) is 0. The van der Waals surface area contributed by atoms with Gasteiger partial charge in [-0.2, -0.15) is 0 Å². The van der Waals surface area contributed by atoms with Gasteiger partial charge >= 0.3 is 0 Å². The molecule has 0 spiro atoms. The van der Waals surface area contributed by atoms with E-state index in [-0.39, 0.29) is 5.89 Å². The predicted octanol–water partition coefficient (Wildman–Crippen LogP) is 1.81. The molecule has 0 aliphatic rings. The van der Waals surface area contributed by atoms with Gasteiger partial charge in [0.05, 0.1) is 6.20 Å². The molecule has 3 nitrogen and oxygen atoms in total. The average molecular weight is 161 g/mol. The first-order valence-corrected chi connectivity index (χ1v) is 2.86. The molecule has 0 aromatic carbocycles. The molecule has 0 amide bonds. The van der Waals surface area contributed by atoms with Crippen LogP contribution in [0, 0.1) is 0 Å². The summed E-state index contributed by atoms with van der Waals surface area (Å²) in [6.07, 6.45) is -1.86. The van der Waals surface area contributed by atoms with Crippen molar-refractivity contribution in [1.29, 1.82) is 0 Å². The third-order valence-corrected chi connectivity index (χ3v) is 1.04. The Morgan fingerprint density at radius 1 is 1.73 bits per heavy atom. The summed E-state index contributed by atoms with van der Waals surface area (Å²) in [6, 6.07) is 0. The number of aromatic nitrogens is 1. The van der Waals surface area contributed by atoms with Gasteiger partial charge in [-0.05, 0) is 0 Å². The van der Waals surface area contributed by atoms with E-state index in [1.807, 2.05) is 0 Å². The Hall–Kier alpha value is -1.26. The molecule has 0 aliphatic carbocycles. The number of ketones is 1. The number of hydrogen-bond donors (Lipinski definition) is 0. The van der Waals surface area contributed by atoms with Crippen LogP contribution in [0.15, 0.2) is 10.6 Å². The molecule has 1 heterocycles. The van der Waals surface area contributed by atoms with Gasteiger partial charge in [0.25, 0.3) is 12.3 Å². The first-order chi connectivity index (χ1) is 5.11. The summed E-state index contributed by atoms with van der Waals surface area (Å²) >= 11 is 0. The molecule has 0 radical (unpaired) electrons. The van der Waals surface area contributed by atoms with Gasteiger partial charge in [0, 0.05) is 6.92 Å². The maximum Gasteiger partial charge on any atom is 0.297 e. The molecular formula is C6H5F2NO2. The van der Waals surface area contributed by atoms with E-state index in [1.165, 1.54) is 6.92 Å². The van der Waals surface area contributed by atoms with Crippen molar-refractivity contribution in [2.45, 2.75) is 13.3 Å². The zero-order valence-electron chi connectivity index (χ0n) is 5.67. The lowest BCUT2D eigenvalue weighted by Crippen LogP contribution is -1.89. The van der Waals surface area contributed by atoms with Crippen LogP contribution in [0.1, 0.15) is 29.8 Å². The quantitative estimate of drug-likeness (QED) is 0.621. The number of halogens is 2. The van der Waals surface area contributed by atoms with Crippen molar-refractivity contribution >= 4 is 5.78 Å². The lowest BCUT2D eigenvalue weighted by atomic mass is 10.5. The van der Waals surface area contributed by atoms with Crippen LogP contribution in [0.3, 0.4) is 0 Å². The number of Topliss-reactive ketones (excluding diaryl/α,β-unsaturated/α-hetero) is 1. The summed E-state index contributed by atoms with van der Waals surface area (Å²) in [5.41, 5.74) is 0. The van der Waals surface area contributed by atoms with E-state index in [0.29, 0.717) is 0 Å². The van der Waals surface area contributed by atoms with Crippen LogP contribution < -0.4 is 0 Å². The van der Waals surface area contributed by atoms with Crippen LogP contribution in [-0.4, -0.2) is 10.8 Å². The van der Waals surface area contributed by atoms with Crippen LogP contribution in [0.2, 0.25) is 0 Å². The predicted molar refractivity (Wildman–Crippen MR) is 31.5 cm³/mol. The monoisotopic (exact) mass is 161 g/mol. The average Bonchev–Trinajstić information content (AvgIpc) is 2.33. The third kappa shape index (κ3) is 1.60. The Balaban J connectivity index is 2.90. The maximum atomic E-state index is 11.8.